The van der Waals surface area contributed by atoms with Crippen LogP contribution in [0.1, 0.15) is 26.4 Å². The zero-order valence-corrected chi connectivity index (χ0v) is 18.5. The fraction of sp³-hybridized carbons (Fsp3) is 0.0385. The van der Waals surface area contributed by atoms with Gasteiger partial charge in [0.1, 0.15) is 5.69 Å². The van der Waals surface area contributed by atoms with Crippen molar-refractivity contribution in [3.63, 3.8) is 0 Å². The molecule has 0 aliphatic carbocycles. The van der Waals surface area contributed by atoms with E-state index >= 15 is 0 Å². The van der Waals surface area contributed by atoms with E-state index in [9.17, 15) is 14.7 Å². The summed E-state index contributed by atoms with van der Waals surface area (Å²) in [5, 5.41) is 13.3. The van der Waals surface area contributed by atoms with Crippen LogP contribution in [0.2, 0.25) is 5.02 Å². The van der Waals surface area contributed by atoms with Gasteiger partial charge < -0.3 is 15.3 Å². The molecule has 0 aliphatic heterocycles. The molecule has 6 nitrogen and oxygen atoms in total. The Morgan fingerprint density at radius 3 is 2.15 bits per heavy atom. The van der Waals surface area contributed by atoms with Crippen LogP contribution in [0.5, 0.6) is 0 Å². The van der Waals surface area contributed by atoms with E-state index in [-0.39, 0.29) is 22.6 Å². The van der Waals surface area contributed by atoms with Crippen LogP contribution in [0.4, 0.5) is 22.7 Å². The predicted octanol–water partition coefficient (Wildman–Crippen LogP) is 6.18. The first-order valence-electron chi connectivity index (χ1n) is 10.1. The topological polar surface area (TPSA) is 82.5 Å². The number of hydrogen-bond acceptors (Lipinski definition) is 5. The second-order valence-corrected chi connectivity index (χ2v) is 7.80. The molecule has 4 rings (SSSR count). The molecule has 0 bridgehead atoms. The van der Waals surface area contributed by atoms with Crippen LogP contribution < -0.4 is 10.2 Å². The van der Waals surface area contributed by atoms with E-state index in [4.69, 9.17) is 11.6 Å². The molecule has 0 fully saturated rings. The number of aromatic carboxylic acids is 1. The normalized spacial score (nSPS) is 10.5. The number of hydrogen-bond donors (Lipinski definition) is 2. The van der Waals surface area contributed by atoms with Crippen molar-refractivity contribution in [2.24, 2.45) is 0 Å². The minimum Gasteiger partial charge on any atom is -0.478 e. The summed E-state index contributed by atoms with van der Waals surface area (Å²) >= 11 is 5.95. The molecule has 0 unspecified atom stereocenters. The first kappa shape index (κ1) is 22.0. The van der Waals surface area contributed by atoms with Gasteiger partial charge in [0.05, 0.1) is 17.4 Å². The van der Waals surface area contributed by atoms with Crippen molar-refractivity contribution in [3.8, 4) is 0 Å². The Bertz CT molecular complexity index is 1290. The molecule has 0 amide bonds. The van der Waals surface area contributed by atoms with Gasteiger partial charge in [-0.2, -0.15) is 0 Å². The lowest BCUT2D eigenvalue weighted by Gasteiger charge is -2.19. The van der Waals surface area contributed by atoms with Crippen molar-refractivity contribution in [3.05, 3.63) is 113 Å². The van der Waals surface area contributed by atoms with E-state index in [0.717, 1.165) is 17.1 Å². The van der Waals surface area contributed by atoms with Gasteiger partial charge in [0.2, 0.25) is 5.78 Å². The van der Waals surface area contributed by atoms with Crippen LogP contribution in [0.3, 0.4) is 0 Å². The Morgan fingerprint density at radius 2 is 1.52 bits per heavy atom. The molecule has 33 heavy (non-hydrogen) atoms. The summed E-state index contributed by atoms with van der Waals surface area (Å²) in [5.74, 6) is -1.48. The number of rotatable bonds is 7. The highest BCUT2D eigenvalue weighted by atomic mass is 35.5. The van der Waals surface area contributed by atoms with Gasteiger partial charge in [-0.3, -0.25) is 9.78 Å². The van der Waals surface area contributed by atoms with Gasteiger partial charge in [-0.15, -0.1) is 0 Å². The lowest BCUT2D eigenvalue weighted by Crippen LogP contribution is -2.11. The highest BCUT2D eigenvalue weighted by molar-refractivity contribution is 6.30. The lowest BCUT2D eigenvalue weighted by molar-refractivity contribution is 0.0697. The summed E-state index contributed by atoms with van der Waals surface area (Å²) in [6, 6.07) is 24.6. The quantitative estimate of drug-likeness (QED) is 0.323. The van der Waals surface area contributed by atoms with Crippen LogP contribution in [-0.4, -0.2) is 28.9 Å². The Kier molecular flexibility index (Phi) is 6.38. The van der Waals surface area contributed by atoms with Crippen molar-refractivity contribution in [1.29, 1.82) is 0 Å². The SMILES string of the molecule is CN(c1ccc(Cl)cc1)c1ccc(C(=O)c2cc(Nc3ccccc3)cc(C(=O)O)c2)nc1. The molecule has 0 saturated heterocycles. The van der Waals surface area contributed by atoms with Crippen molar-refractivity contribution in [1.82, 2.24) is 4.98 Å². The number of para-hydroxylation sites is 1. The number of pyridine rings is 1. The zero-order valence-electron chi connectivity index (χ0n) is 17.7. The first-order chi connectivity index (χ1) is 15.9. The van der Waals surface area contributed by atoms with Crippen LogP contribution in [0, 0.1) is 0 Å². The van der Waals surface area contributed by atoms with Crippen LogP contribution in [-0.2, 0) is 0 Å². The average molecular weight is 458 g/mol. The number of anilines is 4. The van der Waals surface area contributed by atoms with E-state index in [1.807, 2.05) is 54.4 Å². The summed E-state index contributed by atoms with van der Waals surface area (Å²) < 4.78 is 0. The second kappa shape index (κ2) is 9.54. The maximum absolute atomic E-state index is 13.1. The maximum Gasteiger partial charge on any atom is 0.335 e. The minimum atomic E-state index is -1.12. The van der Waals surface area contributed by atoms with Crippen molar-refractivity contribution >= 4 is 46.1 Å². The van der Waals surface area contributed by atoms with E-state index in [1.54, 1.807) is 36.5 Å². The third-order valence-electron chi connectivity index (χ3n) is 5.09. The molecule has 3 aromatic carbocycles. The lowest BCUT2D eigenvalue weighted by atomic mass is 10.0. The Balaban J connectivity index is 1.60. The molecule has 7 heteroatoms. The van der Waals surface area contributed by atoms with Gasteiger partial charge in [-0.25, -0.2) is 4.79 Å². The van der Waals surface area contributed by atoms with Gasteiger partial charge >= 0.3 is 5.97 Å². The number of nitrogens with one attached hydrogen (secondary N) is 1. The number of carboxylic acids is 1. The smallest absolute Gasteiger partial charge is 0.335 e. The summed E-state index contributed by atoms with van der Waals surface area (Å²) in [6.07, 6.45) is 1.60. The average Bonchev–Trinajstić information content (AvgIpc) is 2.84. The molecule has 1 heterocycles. The fourth-order valence-corrected chi connectivity index (χ4v) is 3.45. The summed E-state index contributed by atoms with van der Waals surface area (Å²) in [7, 11) is 1.89. The van der Waals surface area contributed by atoms with Crippen molar-refractivity contribution in [2.75, 3.05) is 17.3 Å². The molecule has 1 aromatic heterocycles. The molecule has 164 valence electrons. The number of ketones is 1. The van der Waals surface area contributed by atoms with E-state index < -0.39 is 5.97 Å². The summed E-state index contributed by atoms with van der Waals surface area (Å²) in [5.41, 5.74) is 3.47. The molecule has 4 aromatic rings. The Labute approximate surface area is 196 Å². The van der Waals surface area contributed by atoms with Crippen LogP contribution in [0.25, 0.3) is 0 Å². The number of carbonyl (C=O) groups is 2. The minimum absolute atomic E-state index is 0.0124. The van der Waals surface area contributed by atoms with E-state index in [0.29, 0.717) is 10.7 Å². The molecule has 0 atom stereocenters. The highest BCUT2D eigenvalue weighted by Crippen LogP contribution is 2.26. The van der Waals surface area contributed by atoms with Gasteiger partial charge in [-0.05, 0) is 66.7 Å². The van der Waals surface area contributed by atoms with Crippen molar-refractivity contribution < 1.29 is 14.7 Å². The molecule has 2 N–H and O–H groups in total. The number of benzene rings is 3. The zero-order chi connectivity index (χ0) is 23.4. The van der Waals surface area contributed by atoms with Crippen LogP contribution in [0.15, 0.2) is 91.1 Å². The molecular weight excluding hydrogens is 438 g/mol. The summed E-state index contributed by atoms with van der Waals surface area (Å²) in [6.45, 7) is 0. The molecule has 0 aliphatic rings. The third kappa shape index (κ3) is 5.19. The number of nitrogens with zero attached hydrogens (tertiary/aromatic N) is 2. The van der Waals surface area contributed by atoms with Gasteiger partial charge in [-0.1, -0.05) is 29.8 Å². The van der Waals surface area contributed by atoms with E-state index in [2.05, 4.69) is 10.3 Å². The number of carboxylic acid groups (broad SMARTS) is 1. The number of carbonyl (C=O) groups excluding carboxylic acids is 1. The Hall–Kier alpha value is -4.16. The van der Waals surface area contributed by atoms with Gasteiger partial charge in [0.15, 0.2) is 0 Å². The number of aromatic nitrogens is 1. The number of halogens is 1. The fourth-order valence-electron chi connectivity index (χ4n) is 3.32. The van der Waals surface area contributed by atoms with E-state index in [1.165, 1.54) is 12.1 Å². The predicted molar refractivity (Wildman–Crippen MR) is 130 cm³/mol. The first-order valence-corrected chi connectivity index (χ1v) is 10.5. The molecule has 0 spiro atoms. The molecule has 0 radical (unpaired) electrons. The van der Waals surface area contributed by atoms with Gasteiger partial charge in [0, 0.05) is 34.7 Å². The highest BCUT2D eigenvalue weighted by Gasteiger charge is 2.16. The summed E-state index contributed by atoms with van der Waals surface area (Å²) in [4.78, 5) is 31.0. The van der Waals surface area contributed by atoms with Crippen LogP contribution >= 0.6 is 11.6 Å². The van der Waals surface area contributed by atoms with Gasteiger partial charge in [0.25, 0.3) is 0 Å². The standard InChI is InChI=1S/C26H20ClN3O3/c1-30(22-9-7-19(27)8-10-22)23-11-12-24(28-16-23)25(31)17-13-18(26(32)33)15-21(14-17)29-20-5-3-2-4-6-20/h2-16,29H,1H3,(H,32,33). The second-order valence-electron chi connectivity index (χ2n) is 7.36. The van der Waals surface area contributed by atoms with Crippen molar-refractivity contribution in [2.45, 2.75) is 0 Å². The maximum atomic E-state index is 13.1. The third-order valence-corrected chi connectivity index (χ3v) is 5.34. The molecular formula is C26H20ClN3O3. The largest absolute Gasteiger partial charge is 0.478 e. The molecule has 0 saturated carbocycles. The Morgan fingerprint density at radius 1 is 0.848 bits per heavy atom. The monoisotopic (exact) mass is 457 g/mol.